The lowest BCUT2D eigenvalue weighted by atomic mass is 9.96. The molecule has 0 heterocycles. The summed E-state index contributed by atoms with van der Waals surface area (Å²) in [5.41, 5.74) is 2.48. The maximum absolute atomic E-state index is 13.1. The highest BCUT2D eigenvalue weighted by Gasteiger charge is 2.30. The number of rotatable bonds is 6. The Morgan fingerprint density at radius 1 is 0.575 bits per heavy atom. The molecule has 0 amide bonds. The number of nitrogens with zero attached hydrogens (tertiary/aromatic N) is 2. The van der Waals surface area contributed by atoms with Gasteiger partial charge in [-0.25, -0.2) is 9.59 Å². The first kappa shape index (κ1) is 28.4. The van der Waals surface area contributed by atoms with Gasteiger partial charge in [0.1, 0.15) is 12.2 Å². The van der Waals surface area contributed by atoms with E-state index in [9.17, 15) is 29.8 Å². The predicted molar refractivity (Wildman–Crippen MR) is 146 cm³/mol. The lowest BCUT2D eigenvalue weighted by molar-refractivity contribution is -0.385. The van der Waals surface area contributed by atoms with E-state index in [2.05, 4.69) is 24.3 Å². The minimum absolute atomic E-state index is 0.141. The fraction of sp³-hybridized carbons (Fsp3) is 0.333. The zero-order valence-corrected chi connectivity index (χ0v) is 21.9. The maximum Gasteiger partial charge on any atom is 0.338 e. The van der Waals surface area contributed by atoms with Gasteiger partial charge in [-0.05, 0) is 86.8 Å². The maximum atomic E-state index is 13.1. The van der Waals surface area contributed by atoms with Gasteiger partial charge in [-0.2, -0.15) is 0 Å². The summed E-state index contributed by atoms with van der Waals surface area (Å²) in [6.45, 7) is 0. The quantitative estimate of drug-likeness (QED) is 0.197. The normalized spacial score (nSPS) is 17.8. The van der Waals surface area contributed by atoms with Gasteiger partial charge in [0, 0.05) is 24.3 Å². The Hall–Kier alpha value is -4.60. The fourth-order valence-electron chi connectivity index (χ4n) is 4.71. The topological polar surface area (TPSA) is 139 Å². The third kappa shape index (κ3) is 7.72. The molecule has 10 heteroatoms. The molecular formula is C30H30N2O8. The highest BCUT2D eigenvalue weighted by Crippen LogP contribution is 2.24. The number of nitro groups is 2. The molecule has 3 aromatic carbocycles. The van der Waals surface area contributed by atoms with Crippen molar-refractivity contribution >= 4 is 23.3 Å². The second-order valence-corrected chi connectivity index (χ2v) is 9.80. The summed E-state index contributed by atoms with van der Waals surface area (Å²) in [5, 5.41) is 22.0. The van der Waals surface area contributed by atoms with Gasteiger partial charge in [0.05, 0.1) is 21.0 Å². The summed E-state index contributed by atoms with van der Waals surface area (Å²) in [4.78, 5) is 47.0. The molecule has 0 aromatic heterocycles. The monoisotopic (exact) mass is 546 g/mol. The number of esters is 2. The van der Waals surface area contributed by atoms with Crippen molar-refractivity contribution in [3.05, 3.63) is 115 Å². The van der Waals surface area contributed by atoms with Crippen molar-refractivity contribution in [3.63, 3.8) is 0 Å². The van der Waals surface area contributed by atoms with Crippen molar-refractivity contribution in [1.82, 2.24) is 0 Å². The van der Waals surface area contributed by atoms with Crippen LogP contribution < -0.4 is 0 Å². The van der Waals surface area contributed by atoms with E-state index in [1.54, 1.807) is 0 Å². The summed E-state index contributed by atoms with van der Waals surface area (Å²) in [6.07, 6.45) is 4.25. The molecular weight excluding hydrogens is 516 g/mol. The Morgan fingerprint density at radius 2 is 0.925 bits per heavy atom. The van der Waals surface area contributed by atoms with Crippen LogP contribution in [0.3, 0.4) is 0 Å². The number of aryl methyl sites for hydroxylation is 2. The third-order valence-corrected chi connectivity index (χ3v) is 6.99. The number of nitro benzene ring substituents is 2. The highest BCUT2D eigenvalue weighted by molar-refractivity contribution is 5.90. The van der Waals surface area contributed by atoms with Crippen LogP contribution in [0.15, 0.2) is 72.8 Å². The van der Waals surface area contributed by atoms with Crippen molar-refractivity contribution in [3.8, 4) is 0 Å². The van der Waals surface area contributed by atoms with Gasteiger partial charge in [-0.1, -0.05) is 24.3 Å². The molecule has 2 atom stereocenters. The van der Waals surface area contributed by atoms with Gasteiger partial charge >= 0.3 is 11.9 Å². The van der Waals surface area contributed by atoms with E-state index < -0.39 is 34.0 Å². The first-order valence-electron chi connectivity index (χ1n) is 13.3. The van der Waals surface area contributed by atoms with E-state index in [4.69, 9.17) is 9.47 Å². The van der Waals surface area contributed by atoms with Crippen LogP contribution in [0.4, 0.5) is 11.4 Å². The average Bonchev–Trinajstić information content (AvgIpc) is 2.96. The second-order valence-electron chi connectivity index (χ2n) is 9.80. The first-order chi connectivity index (χ1) is 19.3. The van der Waals surface area contributed by atoms with Crippen molar-refractivity contribution < 1.29 is 28.9 Å². The van der Waals surface area contributed by atoms with Crippen LogP contribution in [0.25, 0.3) is 0 Å². The van der Waals surface area contributed by atoms with Gasteiger partial charge in [-0.15, -0.1) is 0 Å². The van der Waals surface area contributed by atoms with E-state index in [0.29, 0.717) is 25.7 Å². The van der Waals surface area contributed by atoms with Crippen LogP contribution >= 0.6 is 0 Å². The summed E-state index contributed by atoms with van der Waals surface area (Å²) in [7, 11) is 0. The molecule has 40 heavy (non-hydrogen) atoms. The minimum Gasteiger partial charge on any atom is -0.455 e. The van der Waals surface area contributed by atoms with Crippen molar-refractivity contribution in [2.45, 2.75) is 63.6 Å². The number of benzene rings is 3. The molecule has 208 valence electrons. The Balaban J connectivity index is 1.54. The Bertz CT molecular complexity index is 1230. The van der Waals surface area contributed by atoms with E-state index in [1.165, 1.54) is 59.7 Å². The molecule has 0 aliphatic heterocycles. The Morgan fingerprint density at radius 3 is 1.25 bits per heavy atom. The SMILES string of the molecule is O=C(O[C@H]1CCCCc2ccc(cc2)CCCC[C@@H]1OC(=O)c1ccc([N+](=O)[O-])cc1)c1ccc([N+](=O)[O-])cc1. The van der Waals surface area contributed by atoms with Gasteiger partial charge in [0.15, 0.2) is 0 Å². The van der Waals surface area contributed by atoms with Crippen molar-refractivity contribution in [2.75, 3.05) is 0 Å². The largest absolute Gasteiger partial charge is 0.455 e. The average molecular weight is 547 g/mol. The predicted octanol–water partition coefficient (Wildman–Crippen LogP) is 6.39. The smallest absolute Gasteiger partial charge is 0.338 e. The highest BCUT2D eigenvalue weighted by atomic mass is 16.6. The number of non-ortho nitro benzene ring substituents is 2. The van der Waals surface area contributed by atoms with Crippen molar-refractivity contribution in [2.24, 2.45) is 0 Å². The molecule has 2 aliphatic carbocycles. The summed E-state index contributed by atoms with van der Waals surface area (Å²) in [6, 6.07) is 18.9. The number of carbonyl (C=O) groups is 2. The molecule has 0 saturated carbocycles. The van der Waals surface area contributed by atoms with E-state index in [0.717, 1.165) is 25.7 Å². The van der Waals surface area contributed by atoms with Crippen molar-refractivity contribution in [1.29, 1.82) is 0 Å². The van der Waals surface area contributed by atoms with E-state index in [1.807, 2.05) is 0 Å². The van der Waals surface area contributed by atoms with Crippen LogP contribution in [0.1, 0.15) is 70.4 Å². The van der Waals surface area contributed by atoms with E-state index >= 15 is 0 Å². The number of fused-ring (bicyclic) bond motifs is 11. The number of carbonyl (C=O) groups excluding carboxylic acids is 2. The fourth-order valence-corrected chi connectivity index (χ4v) is 4.71. The minimum atomic E-state index is -0.742. The van der Waals surface area contributed by atoms with Gasteiger partial charge in [-0.3, -0.25) is 20.2 Å². The molecule has 0 spiro atoms. The van der Waals surface area contributed by atoms with Crippen LogP contribution in [0.2, 0.25) is 0 Å². The zero-order chi connectivity index (χ0) is 28.5. The van der Waals surface area contributed by atoms with Gasteiger partial charge < -0.3 is 9.47 Å². The van der Waals surface area contributed by atoms with E-state index in [-0.39, 0.29) is 22.5 Å². The molecule has 0 saturated heterocycles. The van der Waals surface area contributed by atoms with Gasteiger partial charge in [0.25, 0.3) is 11.4 Å². The molecule has 2 aliphatic rings. The molecule has 0 radical (unpaired) electrons. The molecule has 2 bridgehead atoms. The Kier molecular flexibility index (Phi) is 9.56. The molecule has 0 unspecified atom stereocenters. The number of hydrogen-bond acceptors (Lipinski definition) is 8. The van der Waals surface area contributed by atoms with Gasteiger partial charge in [0.2, 0.25) is 0 Å². The summed E-state index contributed by atoms with van der Waals surface area (Å²) >= 11 is 0. The van der Waals surface area contributed by atoms with Crippen LogP contribution in [0.5, 0.6) is 0 Å². The second kappa shape index (κ2) is 13.5. The molecule has 5 rings (SSSR count). The molecule has 0 fully saturated rings. The molecule has 0 N–H and O–H groups in total. The number of hydrogen-bond donors (Lipinski definition) is 0. The standard InChI is InChI=1S/C30H30N2O8/c33-29(23-13-17-25(18-14-23)31(35)36)39-27-7-3-1-5-21-9-11-22(12-10-21)6-2-4-8-28(27)40-30(34)24-15-19-26(20-16-24)32(37)38/h9-20,27-28H,1-8H2/t27-,28-/m0/s1. The number of ether oxygens (including phenoxy) is 2. The van der Waals surface area contributed by atoms with Crippen LogP contribution in [0, 0.1) is 20.2 Å². The summed E-state index contributed by atoms with van der Waals surface area (Å²) in [5.74, 6) is -1.32. The summed E-state index contributed by atoms with van der Waals surface area (Å²) < 4.78 is 11.8. The Labute approximate surface area is 231 Å². The lowest BCUT2D eigenvalue weighted by Gasteiger charge is -2.27. The third-order valence-electron chi connectivity index (χ3n) is 6.99. The first-order valence-corrected chi connectivity index (χ1v) is 13.3. The van der Waals surface area contributed by atoms with Crippen LogP contribution in [-0.4, -0.2) is 34.0 Å². The van der Waals surface area contributed by atoms with Crippen LogP contribution in [-0.2, 0) is 22.3 Å². The lowest BCUT2D eigenvalue weighted by Crippen LogP contribution is -2.35. The molecule has 10 nitrogen and oxygen atoms in total. The zero-order valence-electron chi connectivity index (χ0n) is 21.9. The molecule has 3 aromatic rings.